The Hall–Kier alpha value is -1.89. The Morgan fingerprint density at radius 1 is 1.26 bits per heavy atom. The van der Waals surface area contributed by atoms with Crippen LogP contribution in [0, 0.1) is 0 Å². The second kappa shape index (κ2) is 7.12. The van der Waals surface area contributed by atoms with Crippen LogP contribution in [0.3, 0.4) is 0 Å². The molecule has 0 unspecified atom stereocenters. The van der Waals surface area contributed by atoms with Gasteiger partial charge in [-0.3, -0.25) is 0 Å². The molecule has 0 bridgehead atoms. The Kier molecular flexibility index (Phi) is 4.95. The van der Waals surface area contributed by atoms with Crippen LogP contribution in [0.1, 0.15) is 12.8 Å². The molecule has 3 rings (SSSR count). The standard InChI is InChI=1S/C16H20BrN5O/c1-21(14-5-3-4-8-18-14)12-6-9-22(10-7-12)16-19-11-13(17)15(20-16)23-2/h3-5,8,11-12H,6-7,9-10H2,1-2H3. The van der Waals surface area contributed by atoms with Gasteiger partial charge in [0.05, 0.1) is 17.8 Å². The molecule has 7 heteroatoms. The smallest absolute Gasteiger partial charge is 0.232 e. The zero-order chi connectivity index (χ0) is 16.2. The van der Waals surface area contributed by atoms with Gasteiger partial charge in [-0.25, -0.2) is 9.97 Å². The third kappa shape index (κ3) is 3.55. The minimum atomic E-state index is 0.485. The molecule has 6 nitrogen and oxygen atoms in total. The Morgan fingerprint density at radius 3 is 2.70 bits per heavy atom. The van der Waals surface area contributed by atoms with Gasteiger partial charge in [0, 0.05) is 32.4 Å². The van der Waals surface area contributed by atoms with E-state index in [1.54, 1.807) is 13.3 Å². The summed E-state index contributed by atoms with van der Waals surface area (Å²) < 4.78 is 6.02. The minimum absolute atomic E-state index is 0.485. The maximum absolute atomic E-state index is 5.25. The predicted molar refractivity (Wildman–Crippen MR) is 94.2 cm³/mol. The Balaban J connectivity index is 1.64. The molecule has 0 aliphatic carbocycles. The molecule has 0 radical (unpaired) electrons. The number of rotatable bonds is 4. The molecule has 3 heterocycles. The maximum Gasteiger partial charge on any atom is 0.232 e. The van der Waals surface area contributed by atoms with Crippen molar-refractivity contribution in [2.45, 2.75) is 18.9 Å². The van der Waals surface area contributed by atoms with E-state index in [4.69, 9.17) is 4.74 Å². The van der Waals surface area contributed by atoms with Crippen molar-refractivity contribution < 1.29 is 4.74 Å². The first-order valence-corrected chi connectivity index (χ1v) is 8.43. The van der Waals surface area contributed by atoms with Gasteiger partial charge in [-0.1, -0.05) is 6.07 Å². The van der Waals surface area contributed by atoms with Gasteiger partial charge in [0.25, 0.3) is 0 Å². The van der Waals surface area contributed by atoms with E-state index in [2.05, 4.69) is 53.8 Å². The van der Waals surface area contributed by atoms with Crippen molar-refractivity contribution in [2.75, 3.05) is 37.0 Å². The molecule has 1 fully saturated rings. The lowest BCUT2D eigenvalue weighted by Gasteiger charge is -2.37. The highest BCUT2D eigenvalue weighted by atomic mass is 79.9. The van der Waals surface area contributed by atoms with Crippen molar-refractivity contribution in [3.05, 3.63) is 35.1 Å². The third-order valence-electron chi connectivity index (χ3n) is 4.20. The van der Waals surface area contributed by atoms with Gasteiger partial charge in [-0.05, 0) is 40.9 Å². The summed E-state index contributed by atoms with van der Waals surface area (Å²) in [4.78, 5) is 17.8. The van der Waals surface area contributed by atoms with Crippen LogP contribution < -0.4 is 14.5 Å². The van der Waals surface area contributed by atoms with E-state index >= 15 is 0 Å². The second-order valence-electron chi connectivity index (χ2n) is 5.54. The number of methoxy groups -OCH3 is 1. The quantitative estimate of drug-likeness (QED) is 0.816. The van der Waals surface area contributed by atoms with Crippen LogP contribution in [-0.4, -0.2) is 48.2 Å². The average Bonchev–Trinajstić information content (AvgIpc) is 2.62. The van der Waals surface area contributed by atoms with E-state index in [1.807, 2.05) is 18.3 Å². The van der Waals surface area contributed by atoms with Crippen molar-refractivity contribution in [3.8, 4) is 5.88 Å². The number of anilines is 2. The summed E-state index contributed by atoms with van der Waals surface area (Å²) in [6, 6.07) is 6.50. The molecule has 1 aliphatic rings. The molecule has 122 valence electrons. The maximum atomic E-state index is 5.25. The van der Waals surface area contributed by atoms with Crippen LogP contribution in [0.4, 0.5) is 11.8 Å². The predicted octanol–water partition coefficient (Wildman–Crippen LogP) is 2.75. The van der Waals surface area contributed by atoms with Crippen molar-refractivity contribution in [1.82, 2.24) is 15.0 Å². The first-order valence-electron chi connectivity index (χ1n) is 7.64. The topological polar surface area (TPSA) is 54.4 Å². The fourth-order valence-electron chi connectivity index (χ4n) is 2.84. The number of pyridine rings is 1. The number of halogens is 1. The van der Waals surface area contributed by atoms with Gasteiger partial charge >= 0.3 is 0 Å². The highest BCUT2D eigenvalue weighted by molar-refractivity contribution is 9.10. The van der Waals surface area contributed by atoms with Crippen molar-refractivity contribution in [1.29, 1.82) is 0 Å². The molecule has 1 aliphatic heterocycles. The largest absolute Gasteiger partial charge is 0.480 e. The summed E-state index contributed by atoms with van der Waals surface area (Å²) >= 11 is 3.39. The van der Waals surface area contributed by atoms with E-state index in [0.717, 1.165) is 42.2 Å². The summed E-state index contributed by atoms with van der Waals surface area (Å²) in [6.07, 6.45) is 5.68. The molecule has 0 amide bonds. The lowest BCUT2D eigenvalue weighted by Crippen LogP contribution is -2.44. The average molecular weight is 378 g/mol. The highest BCUT2D eigenvalue weighted by Gasteiger charge is 2.25. The normalized spacial score (nSPS) is 15.5. The summed E-state index contributed by atoms with van der Waals surface area (Å²) in [6.45, 7) is 1.85. The first kappa shape index (κ1) is 16.0. The van der Waals surface area contributed by atoms with Crippen LogP contribution in [0.15, 0.2) is 35.1 Å². The Labute approximate surface area is 144 Å². The lowest BCUT2D eigenvalue weighted by molar-refractivity contribution is 0.392. The summed E-state index contributed by atoms with van der Waals surface area (Å²) in [5, 5.41) is 0. The molecule has 23 heavy (non-hydrogen) atoms. The molecule has 0 spiro atoms. The summed E-state index contributed by atoms with van der Waals surface area (Å²) in [7, 11) is 3.73. The van der Waals surface area contributed by atoms with E-state index in [9.17, 15) is 0 Å². The van der Waals surface area contributed by atoms with Crippen LogP contribution in [0.25, 0.3) is 0 Å². The zero-order valence-electron chi connectivity index (χ0n) is 13.3. The molecule has 0 atom stereocenters. The number of hydrogen-bond acceptors (Lipinski definition) is 6. The lowest BCUT2D eigenvalue weighted by atomic mass is 10.0. The van der Waals surface area contributed by atoms with E-state index < -0.39 is 0 Å². The molecule has 0 saturated carbocycles. The fourth-order valence-corrected chi connectivity index (χ4v) is 3.19. The zero-order valence-corrected chi connectivity index (χ0v) is 14.9. The molecule has 0 N–H and O–H groups in total. The molecular weight excluding hydrogens is 358 g/mol. The van der Waals surface area contributed by atoms with Gasteiger partial charge in [0.15, 0.2) is 0 Å². The van der Waals surface area contributed by atoms with E-state index in [1.165, 1.54) is 0 Å². The second-order valence-corrected chi connectivity index (χ2v) is 6.40. The number of aromatic nitrogens is 3. The van der Waals surface area contributed by atoms with Crippen molar-refractivity contribution in [3.63, 3.8) is 0 Å². The van der Waals surface area contributed by atoms with Crippen molar-refractivity contribution >= 4 is 27.7 Å². The minimum Gasteiger partial charge on any atom is -0.480 e. The summed E-state index contributed by atoms with van der Waals surface area (Å²) in [5.41, 5.74) is 0. The van der Waals surface area contributed by atoms with Crippen molar-refractivity contribution in [2.24, 2.45) is 0 Å². The van der Waals surface area contributed by atoms with E-state index in [-0.39, 0.29) is 0 Å². The number of ether oxygens (including phenoxy) is 1. The fraction of sp³-hybridized carbons (Fsp3) is 0.438. The highest BCUT2D eigenvalue weighted by Crippen LogP contribution is 2.26. The summed E-state index contributed by atoms with van der Waals surface area (Å²) in [5.74, 6) is 2.32. The first-order chi connectivity index (χ1) is 11.2. The Bertz CT molecular complexity index is 646. The van der Waals surface area contributed by atoms with Gasteiger partial charge in [0.2, 0.25) is 11.8 Å². The van der Waals surface area contributed by atoms with Crippen LogP contribution in [0.2, 0.25) is 0 Å². The third-order valence-corrected chi connectivity index (χ3v) is 4.74. The SMILES string of the molecule is COc1nc(N2CCC(N(C)c3ccccn3)CC2)ncc1Br. The van der Waals surface area contributed by atoms with Gasteiger partial charge < -0.3 is 14.5 Å². The van der Waals surface area contributed by atoms with Gasteiger partial charge in [-0.2, -0.15) is 4.98 Å². The number of hydrogen-bond donors (Lipinski definition) is 0. The van der Waals surface area contributed by atoms with Gasteiger partial charge in [0.1, 0.15) is 5.82 Å². The Morgan fingerprint density at radius 2 is 2.04 bits per heavy atom. The number of nitrogens with zero attached hydrogens (tertiary/aromatic N) is 5. The van der Waals surface area contributed by atoms with Crippen LogP contribution in [0.5, 0.6) is 5.88 Å². The molecular formula is C16H20BrN5O. The van der Waals surface area contributed by atoms with E-state index in [0.29, 0.717) is 11.9 Å². The molecule has 2 aromatic heterocycles. The van der Waals surface area contributed by atoms with Crippen LogP contribution >= 0.6 is 15.9 Å². The molecule has 0 aromatic carbocycles. The van der Waals surface area contributed by atoms with Gasteiger partial charge in [-0.15, -0.1) is 0 Å². The number of piperidine rings is 1. The molecule has 1 saturated heterocycles. The van der Waals surface area contributed by atoms with Crippen LogP contribution in [-0.2, 0) is 0 Å². The molecule has 2 aromatic rings. The monoisotopic (exact) mass is 377 g/mol.